The van der Waals surface area contributed by atoms with Gasteiger partial charge in [-0.05, 0) is 72.8 Å². The highest BCUT2D eigenvalue weighted by molar-refractivity contribution is 7.17. The molecule has 12 nitrogen and oxygen atoms in total. The lowest BCUT2D eigenvalue weighted by Gasteiger charge is -2.39. The SMILES string of the molecule is Cn1c(O)c2c(c1-c1ccc(C(C)(C)C)o1)C(=O)N=C2c1ccc(-c2ccc(C(C)(C)C(C)(C)c3ccc(-c4[nH]c(O)c5c4C(=O)N=C5c4ccc(-c5ccc(C(C)(C)C)o5)s4)s3)o2)o1. The number of carbonyl (C=O) groups is 2. The topological polar surface area (TPSA) is 173 Å². The summed E-state index contributed by atoms with van der Waals surface area (Å²) in [5.41, 5.74) is 1.48. The molecule has 2 amide bonds. The van der Waals surface area contributed by atoms with Gasteiger partial charge in [0, 0.05) is 33.6 Å². The molecule has 65 heavy (non-hydrogen) atoms. The monoisotopic (exact) mass is 908 g/mol. The second-order valence-corrected chi connectivity index (χ2v) is 22.0. The Morgan fingerprint density at radius 2 is 1.06 bits per heavy atom. The van der Waals surface area contributed by atoms with Crippen LogP contribution in [0.25, 0.3) is 44.2 Å². The third kappa shape index (κ3) is 6.51. The fourth-order valence-electron chi connectivity index (χ4n) is 8.46. The van der Waals surface area contributed by atoms with Crippen molar-refractivity contribution in [3.8, 4) is 55.9 Å². The Labute approximate surface area is 383 Å². The molecular formula is C51H48N4O8S2. The van der Waals surface area contributed by atoms with Gasteiger partial charge in [-0.1, -0.05) is 69.2 Å². The first-order valence-electron chi connectivity index (χ1n) is 21.3. The molecule has 3 N–H and O–H groups in total. The van der Waals surface area contributed by atoms with Crippen LogP contribution >= 0.6 is 22.7 Å². The molecule has 0 aromatic carbocycles. The van der Waals surface area contributed by atoms with Crippen LogP contribution in [-0.4, -0.2) is 43.0 Å². The fourth-order valence-corrected chi connectivity index (χ4v) is 10.7. The van der Waals surface area contributed by atoms with Gasteiger partial charge >= 0.3 is 0 Å². The van der Waals surface area contributed by atoms with Crippen molar-refractivity contribution in [3.05, 3.63) is 128 Å². The van der Waals surface area contributed by atoms with Crippen LogP contribution in [0.4, 0.5) is 0 Å². The van der Waals surface area contributed by atoms with Gasteiger partial charge in [-0.2, -0.15) is 0 Å². The third-order valence-electron chi connectivity index (χ3n) is 13.0. The predicted octanol–water partition coefficient (Wildman–Crippen LogP) is 12.8. The molecule has 0 saturated heterocycles. The normalized spacial score (nSPS) is 14.4. The molecule has 0 bridgehead atoms. The number of aromatic amines is 1. The molecule has 0 fully saturated rings. The third-order valence-corrected chi connectivity index (χ3v) is 15.5. The summed E-state index contributed by atoms with van der Waals surface area (Å²) in [4.78, 5) is 42.4. The van der Waals surface area contributed by atoms with Crippen molar-refractivity contribution in [2.75, 3.05) is 0 Å². The van der Waals surface area contributed by atoms with E-state index >= 15 is 0 Å². The van der Waals surface area contributed by atoms with Crippen molar-refractivity contribution >= 4 is 45.9 Å². The summed E-state index contributed by atoms with van der Waals surface area (Å²) in [7, 11) is 1.68. The maximum Gasteiger partial charge on any atom is 0.280 e. The van der Waals surface area contributed by atoms with E-state index in [2.05, 4.69) is 63.4 Å². The molecule has 14 heteroatoms. The summed E-state index contributed by atoms with van der Waals surface area (Å²) in [6.45, 7) is 20.9. The Kier molecular flexibility index (Phi) is 9.23. The number of hydrogen-bond acceptors (Lipinski definition) is 10. The lowest BCUT2D eigenvalue weighted by molar-refractivity contribution is 0.0998. The number of aromatic nitrogens is 2. The number of thiophene rings is 2. The average Bonchev–Trinajstić information content (AvgIpc) is 4.08. The minimum atomic E-state index is -0.560. The average molecular weight is 909 g/mol. The molecule has 0 spiro atoms. The molecular weight excluding hydrogens is 861 g/mol. The van der Waals surface area contributed by atoms with Crippen LogP contribution in [0.5, 0.6) is 11.8 Å². The highest BCUT2D eigenvalue weighted by Gasteiger charge is 2.44. The van der Waals surface area contributed by atoms with Crippen molar-refractivity contribution in [1.29, 1.82) is 0 Å². The minimum absolute atomic E-state index is 0.109. The van der Waals surface area contributed by atoms with E-state index in [0.29, 0.717) is 57.0 Å². The molecule has 0 aliphatic carbocycles. The van der Waals surface area contributed by atoms with E-state index in [0.717, 1.165) is 36.8 Å². The first kappa shape index (κ1) is 42.3. The second kappa shape index (κ2) is 14.2. The molecule has 2 aliphatic rings. The van der Waals surface area contributed by atoms with Crippen LogP contribution in [0, 0.1) is 0 Å². The zero-order chi connectivity index (χ0) is 46.3. The van der Waals surface area contributed by atoms with E-state index in [-0.39, 0.29) is 39.4 Å². The quantitative estimate of drug-likeness (QED) is 0.128. The summed E-state index contributed by atoms with van der Waals surface area (Å²) in [6, 6.07) is 22.8. The highest BCUT2D eigenvalue weighted by atomic mass is 32.1. The summed E-state index contributed by atoms with van der Waals surface area (Å²) < 4.78 is 26.7. The Morgan fingerprint density at radius 1 is 0.523 bits per heavy atom. The summed E-state index contributed by atoms with van der Waals surface area (Å²) in [5.74, 6) is 3.63. The van der Waals surface area contributed by atoms with Crippen molar-refractivity contribution in [2.24, 2.45) is 17.0 Å². The van der Waals surface area contributed by atoms with E-state index in [1.54, 1.807) is 25.2 Å². The molecule has 10 heterocycles. The molecule has 8 aromatic heterocycles. The van der Waals surface area contributed by atoms with Gasteiger partial charge in [0.25, 0.3) is 11.8 Å². The molecule has 0 saturated carbocycles. The number of hydrogen-bond donors (Lipinski definition) is 3. The van der Waals surface area contributed by atoms with Crippen LogP contribution < -0.4 is 0 Å². The highest BCUT2D eigenvalue weighted by Crippen LogP contribution is 2.50. The van der Waals surface area contributed by atoms with Crippen molar-refractivity contribution in [2.45, 2.75) is 90.9 Å². The second-order valence-electron chi connectivity index (χ2n) is 19.8. The van der Waals surface area contributed by atoms with E-state index in [1.807, 2.05) is 75.4 Å². The Hall–Kier alpha value is -6.64. The predicted molar refractivity (Wildman–Crippen MR) is 252 cm³/mol. The molecule has 0 atom stereocenters. The van der Waals surface area contributed by atoms with Crippen LogP contribution in [0.2, 0.25) is 0 Å². The first-order valence-corrected chi connectivity index (χ1v) is 22.9. The number of aromatic hydroxyl groups is 2. The smallest absolute Gasteiger partial charge is 0.280 e. The zero-order valence-corrected chi connectivity index (χ0v) is 39.6. The molecule has 0 radical (unpaired) electrons. The Morgan fingerprint density at radius 3 is 1.75 bits per heavy atom. The van der Waals surface area contributed by atoms with Crippen molar-refractivity contribution < 1.29 is 37.5 Å². The summed E-state index contributed by atoms with van der Waals surface area (Å²) in [6.07, 6.45) is 0. The van der Waals surface area contributed by atoms with Crippen LogP contribution in [-0.2, 0) is 28.7 Å². The molecule has 10 rings (SSSR count). The van der Waals surface area contributed by atoms with Crippen LogP contribution in [0.1, 0.15) is 134 Å². The number of carbonyl (C=O) groups excluding carboxylic acids is 2. The molecule has 2 aliphatic heterocycles. The summed E-state index contributed by atoms with van der Waals surface area (Å²) >= 11 is 2.99. The van der Waals surface area contributed by atoms with Gasteiger partial charge in [-0.3, -0.25) is 9.59 Å². The summed E-state index contributed by atoms with van der Waals surface area (Å²) in [5, 5.41) is 22.6. The first-order chi connectivity index (χ1) is 30.5. The lowest BCUT2D eigenvalue weighted by Crippen LogP contribution is -2.39. The number of nitrogens with one attached hydrogen (secondary N) is 1. The van der Waals surface area contributed by atoms with Gasteiger partial charge in [0.05, 0.1) is 48.3 Å². The maximum atomic E-state index is 13.6. The van der Waals surface area contributed by atoms with Gasteiger partial charge in [-0.25, -0.2) is 9.98 Å². The largest absolute Gasteiger partial charge is 0.494 e. The fraction of sp³-hybridized carbons (Fsp3) is 0.294. The number of nitrogens with zero attached hydrogens (tertiary/aromatic N) is 3. The molecule has 332 valence electrons. The van der Waals surface area contributed by atoms with Crippen molar-refractivity contribution in [1.82, 2.24) is 9.55 Å². The van der Waals surface area contributed by atoms with E-state index in [1.165, 1.54) is 27.2 Å². The van der Waals surface area contributed by atoms with Crippen molar-refractivity contribution in [3.63, 3.8) is 0 Å². The van der Waals surface area contributed by atoms with E-state index in [4.69, 9.17) is 17.7 Å². The number of aliphatic imine (C=N–C) groups is 2. The van der Waals surface area contributed by atoms with E-state index in [9.17, 15) is 19.8 Å². The Balaban J connectivity index is 0.891. The lowest BCUT2D eigenvalue weighted by atomic mass is 9.66. The maximum absolute atomic E-state index is 13.6. The number of fused-ring (bicyclic) bond motifs is 2. The standard InChI is InChI=1S/C51H48N4O8S2/c1-48(2,3)32-20-15-26(62-32)29-17-18-30(64-29)41-36-37(45(57)53-41)42(54-44(36)56)31-19-23-35(65-31)51(9,10)50(7,8)34-22-14-25(61-34)24-12-13-27(60-24)40-38-39(46(58)52-40)43(55(11)47(38)59)28-16-21-33(63-28)49(4,5)6/h12-23,54,56,59H,1-11H3. The van der Waals surface area contributed by atoms with Gasteiger partial charge in [0.2, 0.25) is 5.88 Å². The van der Waals surface area contributed by atoms with Crippen LogP contribution in [0.3, 0.4) is 0 Å². The van der Waals surface area contributed by atoms with E-state index < -0.39 is 22.6 Å². The number of furan rings is 4. The zero-order valence-electron chi connectivity index (χ0n) is 37.9. The van der Waals surface area contributed by atoms with Gasteiger partial charge in [0.1, 0.15) is 34.4 Å². The van der Waals surface area contributed by atoms with Gasteiger partial charge < -0.3 is 37.4 Å². The number of H-pyrrole nitrogens is 1. The molecule has 0 unspecified atom stereocenters. The number of amides is 2. The Bertz CT molecular complexity index is 3320. The van der Waals surface area contributed by atoms with Gasteiger partial charge in [-0.15, -0.1) is 22.7 Å². The van der Waals surface area contributed by atoms with Gasteiger partial charge in [0.15, 0.2) is 28.9 Å². The number of rotatable bonds is 9. The molecule has 8 aromatic rings. The van der Waals surface area contributed by atoms with Crippen LogP contribution in [0.15, 0.2) is 100 Å². The minimum Gasteiger partial charge on any atom is -0.494 e.